The highest BCUT2D eigenvalue weighted by atomic mass is 32.2. The Hall–Kier alpha value is -1.63. The van der Waals surface area contributed by atoms with Crippen molar-refractivity contribution in [2.24, 2.45) is 17.3 Å². The summed E-state index contributed by atoms with van der Waals surface area (Å²) in [6.45, 7) is 10.1. The maximum absolute atomic E-state index is 12.8. The highest BCUT2D eigenvalue weighted by Gasteiger charge is 2.60. The van der Waals surface area contributed by atoms with E-state index in [4.69, 9.17) is 0 Å². The molecule has 3 atom stereocenters. The Bertz CT molecular complexity index is 832. The minimum atomic E-state index is -3.01. The van der Waals surface area contributed by atoms with Crippen molar-refractivity contribution in [3.8, 4) is 0 Å². The van der Waals surface area contributed by atoms with E-state index in [1.165, 1.54) is 5.57 Å². The van der Waals surface area contributed by atoms with E-state index in [2.05, 4.69) is 30.3 Å². The molecule has 25 heavy (non-hydrogen) atoms. The molecule has 2 aliphatic rings. The van der Waals surface area contributed by atoms with Crippen LogP contribution in [0.1, 0.15) is 45.9 Å². The van der Waals surface area contributed by atoms with E-state index in [1.54, 1.807) is 4.68 Å². The second kappa shape index (κ2) is 5.97. The minimum Gasteiger partial charge on any atom is -0.311 e. The van der Waals surface area contributed by atoms with Crippen LogP contribution >= 0.6 is 0 Å². The van der Waals surface area contributed by atoms with Crippen molar-refractivity contribution in [1.82, 2.24) is 9.78 Å². The molecule has 1 aliphatic carbocycles. The fourth-order valence-corrected chi connectivity index (χ4v) is 5.60. The number of hydrogen-bond acceptors (Lipinski definition) is 4. The van der Waals surface area contributed by atoms with Gasteiger partial charge in [-0.05, 0) is 38.5 Å². The second-order valence-corrected chi connectivity index (χ2v) is 10.5. The second-order valence-electron chi connectivity index (χ2n) is 8.23. The number of nitrogens with zero attached hydrogens (tertiary/aromatic N) is 2. The third-order valence-electron chi connectivity index (χ3n) is 5.37. The summed E-state index contributed by atoms with van der Waals surface area (Å²) in [7, 11) is -3.01. The number of carbonyl (C=O) groups excluding carboxylic acids is 1. The summed E-state index contributed by atoms with van der Waals surface area (Å²) in [5, 5.41) is 7.41. The number of sulfone groups is 1. The molecule has 138 valence electrons. The number of amides is 1. The molecule has 1 saturated heterocycles. The van der Waals surface area contributed by atoms with E-state index in [1.807, 2.05) is 26.8 Å². The van der Waals surface area contributed by atoms with Crippen LogP contribution in [0.4, 0.5) is 5.82 Å². The Morgan fingerprint density at radius 3 is 2.64 bits per heavy atom. The smallest absolute Gasteiger partial charge is 0.229 e. The summed E-state index contributed by atoms with van der Waals surface area (Å²) in [5.41, 5.74) is 1.93. The largest absolute Gasteiger partial charge is 0.311 e. The molecule has 0 aromatic carbocycles. The summed E-state index contributed by atoms with van der Waals surface area (Å²) >= 11 is 0. The van der Waals surface area contributed by atoms with Gasteiger partial charge in [-0.2, -0.15) is 5.10 Å². The maximum atomic E-state index is 12.8. The maximum Gasteiger partial charge on any atom is 0.229 e. The van der Waals surface area contributed by atoms with Gasteiger partial charge in [-0.3, -0.25) is 4.79 Å². The first-order chi connectivity index (χ1) is 11.5. The molecule has 1 N–H and O–H groups in total. The third kappa shape index (κ3) is 3.52. The van der Waals surface area contributed by atoms with Gasteiger partial charge in [-0.15, -0.1) is 0 Å². The van der Waals surface area contributed by atoms with Crippen molar-refractivity contribution in [3.63, 3.8) is 0 Å². The zero-order valence-electron chi connectivity index (χ0n) is 15.5. The molecular formula is C18H27N3O3S. The molecule has 3 unspecified atom stereocenters. The zero-order chi connectivity index (χ0) is 18.6. The topological polar surface area (TPSA) is 81.1 Å². The third-order valence-corrected chi connectivity index (χ3v) is 7.12. The monoisotopic (exact) mass is 365 g/mol. The Morgan fingerprint density at radius 2 is 2.08 bits per heavy atom. The van der Waals surface area contributed by atoms with Crippen LogP contribution in [0.5, 0.6) is 0 Å². The van der Waals surface area contributed by atoms with Crippen molar-refractivity contribution >= 4 is 21.6 Å². The van der Waals surface area contributed by atoms with Crippen molar-refractivity contribution in [2.75, 3.05) is 16.8 Å². The fourth-order valence-electron chi connectivity index (χ4n) is 3.91. The summed E-state index contributed by atoms with van der Waals surface area (Å²) in [6, 6.07) is 1.61. The summed E-state index contributed by atoms with van der Waals surface area (Å²) in [5.74, 6) is 1.02. The lowest BCUT2D eigenvalue weighted by Gasteiger charge is -2.14. The first kappa shape index (κ1) is 18.2. The summed E-state index contributed by atoms with van der Waals surface area (Å²) < 4.78 is 25.2. The number of rotatable bonds is 4. The molecule has 6 nitrogen and oxygen atoms in total. The lowest BCUT2D eigenvalue weighted by Crippen LogP contribution is -2.22. The van der Waals surface area contributed by atoms with Crippen LogP contribution in [0.2, 0.25) is 0 Å². The van der Waals surface area contributed by atoms with E-state index < -0.39 is 9.84 Å². The zero-order valence-corrected chi connectivity index (χ0v) is 16.4. The number of allylic oxidation sites excluding steroid dienone is 2. The Balaban J connectivity index is 1.78. The van der Waals surface area contributed by atoms with Crippen LogP contribution in [0.25, 0.3) is 0 Å². The predicted molar refractivity (Wildman–Crippen MR) is 98.1 cm³/mol. The number of hydrogen-bond donors (Lipinski definition) is 1. The quantitative estimate of drug-likeness (QED) is 0.832. The van der Waals surface area contributed by atoms with E-state index in [9.17, 15) is 13.2 Å². The van der Waals surface area contributed by atoms with Gasteiger partial charge in [0.2, 0.25) is 5.91 Å². The molecule has 1 amide bonds. The lowest BCUT2D eigenvalue weighted by atomic mass is 10.1. The van der Waals surface area contributed by atoms with Gasteiger partial charge in [0.05, 0.1) is 29.2 Å². The van der Waals surface area contributed by atoms with E-state index in [0.717, 1.165) is 5.69 Å². The van der Waals surface area contributed by atoms with Crippen molar-refractivity contribution in [2.45, 2.75) is 47.1 Å². The highest BCUT2D eigenvalue weighted by molar-refractivity contribution is 7.91. The molecule has 1 aromatic heterocycles. The molecule has 0 radical (unpaired) electrons. The normalized spacial score (nSPS) is 29.2. The van der Waals surface area contributed by atoms with Gasteiger partial charge in [-0.25, -0.2) is 13.1 Å². The van der Waals surface area contributed by atoms with Crippen LogP contribution in [0, 0.1) is 24.2 Å². The van der Waals surface area contributed by atoms with Crippen LogP contribution in [-0.4, -0.2) is 35.6 Å². The summed E-state index contributed by atoms with van der Waals surface area (Å²) in [6.07, 6.45) is 2.71. The number of anilines is 1. The van der Waals surface area contributed by atoms with Gasteiger partial charge in [0.1, 0.15) is 5.82 Å². The SMILES string of the molecule is CC(C)=CC1C(C(=O)Nc2cc(C)nn2C2CCS(=O)(=O)C2)C1(C)C. The Labute approximate surface area is 149 Å². The van der Waals surface area contributed by atoms with Gasteiger partial charge >= 0.3 is 0 Å². The predicted octanol–water partition coefficient (Wildman–Crippen LogP) is 2.73. The molecule has 3 rings (SSSR count). The number of carbonyl (C=O) groups is 1. The molecule has 7 heteroatoms. The van der Waals surface area contributed by atoms with E-state index >= 15 is 0 Å². The minimum absolute atomic E-state index is 0.0190. The molecule has 0 spiro atoms. The molecule has 1 aliphatic heterocycles. The highest BCUT2D eigenvalue weighted by Crippen LogP contribution is 2.59. The molecule has 2 fully saturated rings. The van der Waals surface area contributed by atoms with Gasteiger partial charge in [-0.1, -0.05) is 25.5 Å². The van der Waals surface area contributed by atoms with Gasteiger partial charge in [0, 0.05) is 6.07 Å². The summed E-state index contributed by atoms with van der Waals surface area (Å²) in [4.78, 5) is 12.8. The van der Waals surface area contributed by atoms with Gasteiger partial charge < -0.3 is 5.32 Å². The number of nitrogens with one attached hydrogen (secondary N) is 1. The van der Waals surface area contributed by atoms with Crippen molar-refractivity contribution in [3.05, 3.63) is 23.4 Å². The molecule has 2 heterocycles. The number of aryl methyl sites for hydroxylation is 1. The average Bonchev–Trinajstić information content (AvgIpc) is 2.76. The number of aromatic nitrogens is 2. The van der Waals surface area contributed by atoms with Crippen LogP contribution < -0.4 is 5.32 Å². The first-order valence-electron chi connectivity index (χ1n) is 8.74. The van der Waals surface area contributed by atoms with Crippen molar-refractivity contribution in [1.29, 1.82) is 0 Å². The molecule has 1 aromatic rings. The molecule has 1 saturated carbocycles. The van der Waals surface area contributed by atoms with Gasteiger partial charge in [0.25, 0.3) is 0 Å². The van der Waals surface area contributed by atoms with Crippen LogP contribution in [0.3, 0.4) is 0 Å². The lowest BCUT2D eigenvalue weighted by molar-refractivity contribution is -0.118. The van der Waals surface area contributed by atoms with Crippen molar-refractivity contribution < 1.29 is 13.2 Å². The van der Waals surface area contributed by atoms with E-state index in [-0.39, 0.29) is 40.7 Å². The average molecular weight is 365 g/mol. The Morgan fingerprint density at radius 1 is 1.40 bits per heavy atom. The van der Waals surface area contributed by atoms with E-state index in [0.29, 0.717) is 12.2 Å². The standard InChI is InChI=1S/C18H27N3O3S/c1-11(2)8-14-16(18(14,4)5)17(22)19-15-9-12(3)20-21(15)13-6-7-25(23,24)10-13/h8-9,13-14,16H,6-7,10H2,1-5H3,(H,19,22). The molecule has 0 bridgehead atoms. The molecular weight excluding hydrogens is 338 g/mol. The van der Waals surface area contributed by atoms with Crippen LogP contribution in [-0.2, 0) is 14.6 Å². The van der Waals surface area contributed by atoms with Gasteiger partial charge in [0.15, 0.2) is 9.84 Å². The fraction of sp³-hybridized carbons (Fsp3) is 0.667. The first-order valence-corrected chi connectivity index (χ1v) is 10.6. The Kier molecular flexibility index (Phi) is 4.34. The van der Waals surface area contributed by atoms with Crippen LogP contribution in [0.15, 0.2) is 17.7 Å².